The van der Waals surface area contributed by atoms with Crippen LogP contribution in [0.25, 0.3) is 10.9 Å². The highest BCUT2D eigenvalue weighted by molar-refractivity contribution is 7.89. The molecule has 0 saturated carbocycles. The maximum absolute atomic E-state index is 13.4. The smallest absolute Gasteiger partial charge is 0.337 e. The number of methoxy groups -OCH3 is 1. The molecule has 0 aliphatic heterocycles. The average Bonchev–Trinajstić information content (AvgIpc) is 2.88. The van der Waals surface area contributed by atoms with E-state index in [1.165, 1.54) is 31.5 Å². The van der Waals surface area contributed by atoms with E-state index >= 15 is 0 Å². The molecule has 35 heavy (non-hydrogen) atoms. The van der Waals surface area contributed by atoms with E-state index in [2.05, 4.69) is 19.8 Å². The average molecular weight is 490 g/mol. The minimum atomic E-state index is -4.10. The van der Waals surface area contributed by atoms with Crippen molar-refractivity contribution in [2.45, 2.75) is 17.4 Å². The fraction of sp³-hybridized carbons (Fsp3) is 0.115. The first kappa shape index (κ1) is 24.1. The van der Waals surface area contributed by atoms with E-state index in [4.69, 9.17) is 0 Å². The van der Waals surface area contributed by atoms with Gasteiger partial charge in [0.05, 0.1) is 18.2 Å². The first-order valence-electron chi connectivity index (χ1n) is 10.8. The van der Waals surface area contributed by atoms with Gasteiger partial charge in [-0.25, -0.2) is 13.2 Å². The molecule has 4 rings (SSSR count). The Balaban J connectivity index is 1.62. The second-order valence-corrected chi connectivity index (χ2v) is 9.44. The zero-order valence-corrected chi connectivity index (χ0v) is 19.7. The first-order chi connectivity index (χ1) is 16.9. The van der Waals surface area contributed by atoms with Gasteiger partial charge in [-0.05, 0) is 48.4 Å². The highest BCUT2D eigenvalue weighted by Gasteiger charge is 2.28. The van der Waals surface area contributed by atoms with Crippen LogP contribution in [-0.2, 0) is 26.0 Å². The molecule has 178 valence electrons. The van der Waals surface area contributed by atoms with Gasteiger partial charge in [-0.15, -0.1) is 0 Å². The van der Waals surface area contributed by atoms with Gasteiger partial charge in [-0.1, -0.05) is 48.5 Å². The molecule has 2 N–H and O–H groups in total. The van der Waals surface area contributed by atoms with Crippen molar-refractivity contribution in [3.8, 4) is 0 Å². The molecule has 0 aliphatic carbocycles. The molecule has 1 atom stereocenters. The molecular formula is C26H23N3O5S. The van der Waals surface area contributed by atoms with Gasteiger partial charge in [0.1, 0.15) is 10.9 Å². The summed E-state index contributed by atoms with van der Waals surface area (Å²) in [7, 11) is -2.82. The molecule has 1 amide bonds. The standard InChI is InChI=1S/C26H23N3O5S/c1-34-26(31)20-12-14-21(15-13-20)28-25(30)22(17-18-7-3-2-4-8-18)29-35(32,33)23-11-5-9-19-10-6-16-27-24(19)23/h2-16,22,29H,17H2,1H3,(H,28,30). The van der Waals surface area contributed by atoms with Crippen LogP contribution in [0.5, 0.6) is 0 Å². The van der Waals surface area contributed by atoms with E-state index < -0.39 is 27.9 Å². The van der Waals surface area contributed by atoms with Gasteiger partial charge in [0.15, 0.2) is 0 Å². The first-order valence-corrected chi connectivity index (χ1v) is 12.2. The molecule has 8 nitrogen and oxygen atoms in total. The topological polar surface area (TPSA) is 114 Å². The molecule has 1 aromatic heterocycles. The van der Waals surface area contributed by atoms with Crippen LogP contribution in [0.4, 0.5) is 5.69 Å². The second-order valence-electron chi connectivity index (χ2n) is 7.75. The Morgan fingerprint density at radius 1 is 0.914 bits per heavy atom. The Bertz CT molecular complexity index is 1450. The van der Waals surface area contributed by atoms with Crippen molar-refractivity contribution in [2.24, 2.45) is 0 Å². The van der Waals surface area contributed by atoms with Gasteiger partial charge >= 0.3 is 5.97 Å². The SMILES string of the molecule is COC(=O)c1ccc(NC(=O)C(Cc2ccccc2)NS(=O)(=O)c2cccc3cccnc23)cc1. The number of nitrogens with zero attached hydrogens (tertiary/aromatic N) is 1. The van der Waals surface area contributed by atoms with Gasteiger partial charge in [0.2, 0.25) is 15.9 Å². The maximum Gasteiger partial charge on any atom is 0.337 e. The number of ether oxygens (including phenoxy) is 1. The summed E-state index contributed by atoms with van der Waals surface area (Å²) in [6.45, 7) is 0. The van der Waals surface area contributed by atoms with E-state index in [0.717, 1.165) is 5.56 Å². The lowest BCUT2D eigenvalue weighted by Crippen LogP contribution is -2.45. The maximum atomic E-state index is 13.4. The molecule has 1 unspecified atom stereocenters. The number of esters is 1. The summed E-state index contributed by atoms with van der Waals surface area (Å²) >= 11 is 0. The monoisotopic (exact) mass is 489 g/mol. The number of carbonyl (C=O) groups is 2. The van der Waals surface area contributed by atoms with Crippen molar-refractivity contribution in [3.05, 3.63) is 102 Å². The number of rotatable bonds is 8. The Morgan fingerprint density at radius 2 is 1.63 bits per heavy atom. The second kappa shape index (κ2) is 10.5. The van der Waals surface area contributed by atoms with Gasteiger partial charge in [-0.2, -0.15) is 4.72 Å². The fourth-order valence-corrected chi connectivity index (χ4v) is 4.99. The summed E-state index contributed by atoms with van der Waals surface area (Å²) in [5.74, 6) is -1.04. The van der Waals surface area contributed by atoms with Crippen molar-refractivity contribution in [1.29, 1.82) is 0 Å². The highest BCUT2D eigenvalue weighted by Crippen LogP contribution is 2.21. The van der Waals surface area contributed by atoms with Gasteiger partial charge in [-0.3, -0.25) is 9.78 Å². The van der Waals surface area contributed by atoms with E-state index in [1.54, 1.807) is 36.4 Å². The third-order valence-electron chi connectivity index (χ3n) is 5.36. The molecule has 0 aliphatic rings. The molecule has 3 aromatic carbocycles. The van der Waals surface area contributed by atoms with Crippen LogP contribution < -0.4 is 10.0 Å². The number of nitrogens with one attached hydrogen (secondary N) is 2. The third kappa shape index (κ3) is 5.71. The van der Waals surface area contributed by atoms with E-state index in [1.807, 2.05) is 30.3 Å². The number of amides is 1. The normalized spacial score (nSPS) is 12.1. The van der Waals surface area contributed by atoms with Crippen molar-refractivity contribution >= 4 is 38.5 Å². The number of carbonyl (C=O) groups excluding carboxylic acids is 2. The zero-order valence-electron chi connectivity index (χ0n) is 18.8. The number of hydrogen-bond donors (Lipinski definition) is 2. The van der Waals surface area contributed by atoms with Crippen molar-refractivity contribution < 1.29 is 22.7 Å². The Labute approximate surface area is 203 Å². The lowest BCUT2D eigenvalue weighted by Gasteiger charge is -2.19. The van der Waals surface area contributed by atoms with Crippen LogP contribution in [0.3, 0.4) is 0 Å². The van der Waals surface area contributed by atoms with E-state index in [9.17, 15) is 18.0 Å². The molecule has 0 bridgehead atoms. The number of pyridine rings is 1. The van der Waals surface area contributed by atoms with Gasteiger partial charge in [0, 0.05) is 17.3 Å². The summed E-state index contributed by atoms with van der Waals surface area (Å²) in [4.78, 5) is 29.1. The van der Waals surface area contributed by atoms with Crippen LogP contribution in [0.1, 0.15) is 15.9 Å². The predicted molar refractivity (Wildman–Crippen MR) is 132 cm³/mol. The number of fused-ring (bicyclic) bond motifs is 1. The molecular weight excluding hydrogens is 466 g/mol. The summed E-state index contributed by atoms with van der Waals surface area (Å²) in [5.41, 5.74) is 1.84. The molecule has 0 spiro atoms. The van der Waals surface area contributed by atoms with Crippen LogP contribution in [0.15, 0.2) is 96.0 Å². The van der Waals surface area contributed by atoms with Crippen LogP contribution in [-0.4, -0.2) is 38.4 Å². The van der Waals surface area contributed by atoms with Crippen molar-refractivity contribution in [2.75, 3.05) is 12.4 Å². The predicted octanol–water partition coefficient (Wildman–Crippen LogP) is 3.55. The number of hydrogen-bond acceptors (Lipinski definition) is 6. The van der Waals surface area contributed by atoms with E-state index in [-0.39, 0.29) is 11.3 Å². The molecule has 4 aromatic rings. The highest BCUT2D eigenvalue weighted by atomic mass is 32.2. The number of para-hydroxylation sites is 1. The summed E-state index contributed by atoms with van der Waals surface area (Å²) in [5, 5.41) is 3.40. The quantitative estimate of drug-likeness (QED) is 0.366. The van der Waals surface area contributed by atoms with Crippen LogP contribution >= 0.6 is 0 Å². The Kier molecular flexibility index (Phi) is 7.19. The molecule has 0 radical (unpaired) electrons. The molecule has 9 heteroatoms. The third-order valence-corrected chi connectivity index (χ3v) is 6.86. The van der Waals surface area contributed by atoms with Gasteiger partial charge in [0.25, 0.3) is 0 Å². The minimum Gasteiger partial charge on any atom is -0.465 e. The minimum absolute atomic E-state index is 0.0103. The summed E-state index contributed by atoms with van der Waals surface area (Å²) < 4.78 is 34.0. The molecule has 0 saturated heterocycles. The van der Waals surface area contributed by atoms with Crippen molar-refractivity contribution in [3.63, 3.8) is 0 Å². The van der Waals surface area contributed by atoms with E-state index in [0.29, 0.717) is 22.2 Å². The summed E-state index contributed by atoms with van der Waals surface area (Å²) in [6.07, 6.45) is 1.65. The van der Waals surface area contributed by atoms with Crippen LogP contribution in [0.2, 0.25) is 0 Å². The number of aromatic nitrogens is 1. The lowest BCUT2D eigenvalue weighted by molar-refractivity contribution is -0.117. The number of benzene rings is 3. The zero-order chi connectivity index (χ0) is 24.8. The lowest BCUT2D eigenvalue weighted by atomic mass is 10.1. The largest absolute Gasteiger partial charge is 0.465 e. The molecule has 0 fully saturated rings. The number of anilines is 1. The van der Waals surface area contributed by atoms with Crippen LogP contribution in [0, 0.1) is 0 Å². The van der Waals surface area contributed by atoms with Crippen molar-refractivity contribution in [1.82, 2.24) is 9.71 Å². The summed E-state index contributed by atoms with van der Waals surface area (Å²) in [6, 6.07) is 22.5. The molecule has 1 heterocycles. The van der Waals surface area contributed by atoms with Gasteiger partial charge < -0.3 is 10.1 Å². The number of sulfonamides is 1. The Hall–Kier alpha value is -4.08. The fourth-order valence-electron chi connectivity index (χ4n) is 3.62. The Morgan fingerprint density at radius 3 is 2.34 bits per heavy atom.